The van der Waals surface area contributed by atoms with Gasteiger partial charge in [0.15, 0.2) is 5.96 Å². The number of nitrogens with one attached hydrogen (secondary N) is 2. The Hall–Kier alpha value is 0.01000. The van der Waals surface area contributed by atoms with Gasteiger partial charge in [0.2, 0.25) is 0 Å². The van der Waals surface area contributed by atoms with Gasteiger partial charge in [0.25, 0.3) is 0 Å². The smallest absolute Gasteiger partial charge is 0.191 e. The predicted octanol–water partition coefficient (Wildman–Crippen LogP) is 4.34. The minimum absolute atomic E-state index is 0. The van der Waals surface area contributed by atoms with Crippen LogP contribution in [0.15, 0.2) is 33.7 Å². The maximum absolute atomic E-state index is 4.73. The van der Waals surface area contributed by atoms with Crippen LogP contribution in [0.5, 0.6) is 0 Å². The lowest BCUT2D eigenvalue weighted by molar-refractivity contribution is 0.198. The molecule has 1 atom stereocenters. The Bertz CT molecular complexity index is 533. The summed E-state index contributed by atoms with van der Waals surface area (Å²) in [6, 6.07) is 9.18. The summed E-state index contributed by atoms with van der Waals surface area (Å²) in [7, 11) is 0. The first kappa shape index (κ1) is 24.0. The van der Waals surface area contributed by atoms with Gasteiger partial charge in [0.05, 0.1) is 6.54 Å². The fourth-order valence-corrected chi connectivity index (χ4v) is 3.38. The lowest BCUT2D eigenvalue weighted by atomic mass is 10.0. The molecule has 7 heteroatoms. The first-order valence-electron chi connectivity index (χ1n) is 9.15. The fourth-order valence-electron chi connectivity index (χ4n) is 2.89. The SMILES string of the molecule is CCNC(=NCC(C)SC)NC1CCN(Cc2ccc(Br)cc2)CC1.I. The Kier molecular flexibility index (Phi) is 12.2. The van der Waals surface area contributed by atoms with E-state index in [4.69, 9.17) is 4.99 Å². The first-order chi connectivity index (χ1) is 12.1. The van der Waals surface area contributed by atoms with Crippen molar-refractivity contribution in [2.75, 3.05) is 32.4 Å². The van der Waals surface area contributed by atoms with E-state index in [0.29, 0.717) is 11.3 Å². The second-order valence-electron chi connectivity index (χ2n) is 6.59. The van der Waals surface area contributed by atoms with E-state index in [-0.39, 0.29) is 24.0 Å². The van der Waals surface area contributed by atoms with Crippen LogP contribution < -0.4 is 10.6 Å². The Morgan fingerprint density at radius 2 is 1.96 bits per heavy atom. The zero-order valence-electron chi connectivity index (χ0n) is 16.0. The van der Waals surface area contributed by atoms with E-state index in [1.807, 2.05) is 11.8 Å². The molecule has 0 aromatic heterocycles. The van der Waals surface area contributed by atoms with Crippen LogP contribution in [0.1, 0.15) is 32.3 Å². The molecule has 1 unspecified atom stereocenters. The van der Waals surface area contributed by atoms with E-state index in [9.17, 15) is 0 Å². The molecule has 0 saturated carbocycles. The number of rotatable bonds is 7. The van der Waals surface area contributed by atoms with Crippen LogP contribution >= 0.6 is 51.7 Å². The van der Waals surface area contributed by atoms with Gasteiger partial charge in [-0.05, 0) is 43.7 Å². The Morgan fingerprint density at radius 1 is 1.31 bits per heavy atom. The van der Waals surface area contributed by atoms with Crippen LogP contribution in [-0.4, -0.2) is 54.6 Å². The van der Waals surface area contributed by atoms with Crippen molar-refractivity contribution in [3.63, 3.8) is 0 Å². The lowest BCUT2D eigenvalue weighted by Gasteiger charge is -2.33. The average molecular weight is 555 g/mol. The van der Waals surface area contributed by atoms with Gasteiger partial charge in [-0.2, -0.15) is 11.8 Å². The summed E-state index contributed by atoms with van der Waals surface area (Å²) in [5, 5.41) is 7.56. The lowest BCUT2D eigenvalue weighted by Crippen LogP contribution is -2.48. The van der Waals surface area contributed by atoms with Gasteiger partial charge in [-0.15, -0.1) is 24.0 Å². The van der Waals surface area contributed by atoms with Crippen molar-refractivity contribution in [1.29, 1.82) is 0 Å². The Balaban J connectivity index is 0.00000338. The number of piperidine rings is 1. The molecule has 1 aromatic carbocycles. The van der Waals surface area contributed by atoms with E-state index in [2.05, 4.69) is 75.8 Å². The quantitative estimate of drug-likeness (QED) is 0.299. The van der Waals surface area contributed by atoms with Gasteiger partial charge in [-0.25, -0.2) is 0 Å². The molecule has 1 fully saturated rings. The van der Waals surface area contributed by atoms with Crippen LogP contribution in [0.3, 0.4) is 0 Å². The van der Waals surface area contributed by atoms with Crippen LogP contribution in [0.2, 0.25) is 0 Å². The molecular weight excluding hydrogens is 523 g/mol. The Labute approximate surface area is 188 Å². The summed E-state index contributed by atoms with van der Waals surface area (Å²) < 4.78 is 1.14. The van der Waals surface area contributed by atoms with Crippen molar-refractivity contribution in [3.05, 3.63) is 34.3 Å². The predicted molar refractivity (Wildman–Crippen MR) is 130 cm³/mol. The maximum atomic E-state index is 4.73. The summed E-state index contributed by atoms with van der Waals surface area (Å²) in [5.74, 6) is 0.967. The monoisotopic (exact) mass is 554 g/mol. The third-order valence-electron chi connectivity index (χ3n) is 4.50. The second kappa shape index (κ2) is 13.2. The normalized spacial score (nSPS) is 17.5. The highest BCUT2D eigenvalue weighted by Crippen LogP contribution is 2.16. The summed E-state index contributed by atoms with van der Waals surface area (Å²) in [5.41, 5.74) is 1.38. The molecule has 0 amide bonds. The van der Waals surface area contributed by atoms with Crippen LogP contribution in [0, 0.1) is 0 Å². The van der Waals surface area contributed by atoms with Gasteiger partial charge < -0.3 is 10.6 Å². The highest BCUT2D eigenvalue weighted by Gasteiger charge is 2.20. The summed E-state index contributed by atoms with van der Waals surface area (Å²) >= 11 is 5.36. The highest BCUT2D eigenvalue weighted by atomic mass is 127. The van der Waals surface area contributed by atoms with E-state index in [1.165, 1.54) is 18.4 Å². The van der Waals surface area contributed by atoms with Crippen LogP contribution in [0.4, 0.5) is 0 Å². The largest absolute Gasteiger partial charge is 0.357 e. The minimum atomic E-state index is 0. The molecule has 1 saturated heterocycles. The molecule has 0 aliphatic carbocycles. The fraction of sp³-hybridized carbons (Fsp3) is 0.632. The van der Waals surface area contributed by atoms with Gasteiger partial charge >= 0.3 is 0 Å². The van der Waals surface area contributed by atoms with E-state index in [0.717, 1.165) is 43.2 Å². The van der Waals surface area contributed by atoms with Crippen molar-refractivity contribution >= 4 is 57.6 Å². The third-order valence-corrected chi connectivity index (χ3v) is 5.98. The van der Waals surface area contributed by atoms with Crippen LogP contribution in [0.25, 0.3) is 0 Å². The zero-order valence-corrected chi connectivity index (χ0v) is 20.7. The molecule has 0 spiro atoms. The van der Waals surface area contributed by atoms with Crippen molar-refractivity contribution in [2.24, 2.45) is 4.99 Å². The standard InChI is InChI=1S/C19H31BrN4S.HI/c1-4-21-19(22-13-15(2)25-3)23-18-9-11-24(12-10-18)14-16-5-7-17(20)8-6-16;/h5-8,15,18H,4,9-14H2,1-3H3,(H2,21,22,23);1H. The summed E-state index contributed by atoms with van der Waals surface area (Å²) in [4.78, 5) is 7.27. The molecule has 148 valence electrons. The first-order valence-corrected chi connectivity index (χ1v) is 11.2. The molecule has 0 bridgehead atoms. The van der Waals surface area contributed by atoms with Gasteiger partial charge in [0.1, 0.15) is 0 Å². The minimum Gasteiger partial charge on any atom is -0.357 e. The summed E-state index contributed by atoms with van der Waals surface area (Å²) in [6.45, 7) is 9.41. The number of hydrogen-bond donors (Lipinski definition) is 2. The third kappa shape index (κ3) is 8.80. The van der Waals surface area contributed by atoms with Gasteiger partial charge in [-0.3, -0.25) is 9.89 Å². The molecule has 2 N–H and O–H groups in total. The van der Waals surface area contributed by atoms with E-state index >= 15 is 0 Å². The second-order valence-corrected chi connectivity index (χ2v) is 8.78. The van der Waals surface area contributed by atoms with Gasteiger partial charge in [-0.1, -0.05) is 35.0 Å². The van der Waals surface area contributed by atoms with Crippen LogP contribution in [-0.2, 0) is 6.54 Å². The van der Waals surface area contributed by atoms with Gasteiger partial charge in [0, 0.05) is 41.9 Å². The highest BCUT2D eigenvalue weighted by molar-refractivity contribution is 14.0. The molecule has 1 aliphatic heterocycles. The van der Waals surface area contributed by atoms with E-state index < -0.39 is 0 Å². The molecule has 26 heavy (non-hydrogen) atoms. The van der Waals surface area contributed by atoms with Crippen molar-refractivity contribution < 1.29 is 0 Å². The molecule has 0 radical (unpaired) electrons. The number of halogens is 2. The zero-order chi connectivity index (χ0) is 18.1. The summed E-state index contributed by atoms with van der Waals surface area (Å²) in [6.07, 6.45) is 4.47. The van der Waals surface area contributed by atoms with E-state index in [1.54, 1.807) is 0 Å². The molecular formula is C19H32BrIN4S. The maximum Gasteiger partial charge on any atom is 0.191 e. The number of nitrogens with zero attached hydrogens (tertiary/aromatic N) is 2. The molecule has 1 aromatic rings. The molecule has 2 rings (SSSR count). The number of hydrogen-bond acceptors (Lipinski definition) is 3. The van der Waals surface area contributed by atoms with Crippen molar-refractivity contribution in [2.45, 2.75) is 44.5 Å². The topological polar surface area (TPSA) is 39.7 Å². The molecule has 1 aliphatic rings. The van der Waals surface area contributed by atoms with Crippen molar-refractivity contribution in [1.82, 2.24) is 15.5 Å². The van der Waals surface area contributed by atoms with Crippen molar-refractivity contribution in [3.8, 4) is 0 Å². The number of guanidine groups is 1. The Morgan fingerprint density at radius 3 is 2.54 bits per heavy atom. The molecule has 4 nitrogen and oxygen atoms in total. The average Bonchev–Trinajstić information content (AvgIpc) is 2.63. The number of thioether (sulfide) groups is 1. The molecule has 1 heterocycles. The number of likely N-dealkylation sites (tertiary alicyclic amines) is 1. The number of aliphatic imine (C=N–C) groups is 1. The number of benzene rings is 1.